The van der Waals surface area contributed by atoms with Crippen molar-refractivity contribution in [2.75, 3.05) is 13.7 Å². The van der Waals surface area contributed by atoms with Gasteiger partial charge in [-0.1, -0.05) is 30.3 Å². The molecule has 1 amide bonds. The zero-order chi connectivity index (χ0) is 15.5. The van der Waals surface area contributed by atoms with Crippen LogP contribution in [0.3, 0.4) is 0 Å². The van der Waals surface area contributed by atoms with Crippen LogP contribution in [0.4, 0.5) is 0 Å². The molecule has 2 saturated heterocycles. The summed E-state index contributed by atoms with van der Waals surface area (Å²) in [4.78, 5) is 11.3. The van der Waals surface area contributed by atoms with Gasteiger partial charge < -0.3 is 24.3 Å². The highest BCUT2D eigenvalue weighted by molar-refractivity contribution is 5.73. The molecule has 6 heteroatoms. The van der Waals surface area contributed by atoms with Crippen molar-refractivity contribution in [3.63, 3.8) is 0 Å². The fraction of sp³-hybridized carbons (Fsp3) is 0.562. The van der Waals surface area contributed by atoms with Crippen molar-refractivity contribution < 1.29 is 23.7 Å². The molecule has 1 unspecified atom stereocenters. The molecule has 120 valence electrons. The molecule has 2 heterocycles. The molecule has 0 spiro atoms. The summed E-state index contributed by atoms with van der Waals surface area (Å²) in [5, 5.41) is 2.84. The van der Waals surface area contributed by atoms with Gasteiger partial charge in [0, 0.05) is 14.0 Å². The quantitative estimate of drug-likeness (QED) is 0.873. The Hall–Kier alpha value is -1.47. The first kappa shape index (κ1) is 15.4. The van der Waals surface area contributed by atoms with Gasteiger partial charge in [-0.05, 0) is 5.56 Å². The number of ether oxygens (including phenoxy) is 4. The van der Waals surface area contributed by atoms with E-state index in [0.717, 1.165) is 5.56 Å². The minimum absolute atomic E-state index is 0.131. The Bertz CT molecular complexity index is 509. The largest absolute Gasteiger partial charge is 0.370 e. The number of carbonyl (C=O) groups excluding carboxylic acids is 1. The normalized spacial score (nSPS) is 33.6. The van der Waals surface area contributed by atoms with Crippen LogP contribution in [0.15, 0.2) is 30.3 Å². The standard InChI is InChI=1S/C16H21NO5/c1-10(18)17-13-15-14(22-16(13)19-2)12(9-21-15)20-8-11-6-4-3-5-7-11/h3-7,12-16H,8-9H2,1-2H3,(H,17,18)/t12-,13+,14-,15-,16?/m1/s1. The number of hydrogen-bond donors (Lipinski definition) is 1. The molecule has 0 radical (unpaired) electrons. The number of hydrogen-bond acceptors (Lipinski definition) is 5. The molecule has 22 heavy (non-hydrogen) atoms. The summed E-state index contributed by atoms with van der Waals surface area (Å²) in [6, 6.07) is 9.65. The molecule has 0 saturated carbocycles. The summed E-state index contributed by atoms with van der Waals surface area (Å²) in [5.74, 6) is -0.131. The van der Waals surface area contributed by atoms with Crippen LogP contribution in [0, 0.1) is 0 Å². The number of nitrogens with one attached hydrogen (secondary N) is 1. The van der Waals surface area contributed by atoms with Gasteiger partial charge in [0.25, 0.3) is 0 Å². The van der Waals surface area contributed by atoms with Gasteiger partial charge in [0.05, 0.1) is 13.2 Å². The average molecular weight is 307 g/mol. The first-order valence-electron chi connectivity index (χ1n) is 7.41. The highest BCUT2D eigenvalue weighted by Crippen LogP contribution is 2.33. The molecular formula is C16H21NO5. The number of rotatable bonds is 5. The van der Waals surface area contributed by atoms with Gasteiger partial charge in [0.2, 0.25) is 5.91 Å². The molecule has 1 N–H and O–H groups in total. The van der Waals surface area contributed by atoms with Crippen molar-refractivity contribution in [2.24, 2.45) is 0 Å². The van der Waals surface area contributed by atoms with Gasteiger partial charge in [-0.2, -0.15) is 0 Å². The van der Waals surface area contributed by atoms with Crippen LogP contribution in [-0.4, -0.2) is 50.3 Å². The molecule has 1 aromatic rings. The molecule has 2 aliphatic rings. The minimum atomic E-state index is -0.512. The summed E-state index contributed by atoms with van der Waals surface area (Å²) in [6.45, 7) is 2.43. The summed E-state index contributed by atoms with van der Waals surface area (Å²) < 4.78 is 22.9. The lowest BCUT2D eigenvalue weighted by molar-refractivity contribution is -0.154. The van der Waals surface area contributed by atoms with Gasteiger partial charge >= 0.3 is 0 Å². The maximum atomic E-state index is 11.3. The fourth-order valence-electron chi connectivity index (χ4n) is 2.98. The van der Waals surface area contributed by atoms with E-state index in [0.29, 0.717) is 13.2 Å². The second-order valence-electron chi connectivity index (χ2n) is 5.56. The van der Waals surface area contributed by atoms with Gasteiger partial charge in [-0.3, -0.25) is 4.79 Å². The lowest BCUT2D eigenvalue weighted by Gasteiger charge is -2.21. The molecule has 2 aliphatic heterocycles. The average Bonchev–Trinajstić information content (AvgIpc) is 3.06. The Morgan fingerprint density at radius 3 is 2.77 bits per heavy atom. The third-order valence-corrected chi connectivity index (χ3v) is 3.99. The SMILES string of the molecule is COC1O[C@H]2[C@H](OC[C@H]2OCc2ccccc2)[C@@H]1NC(C)=O. The second kappa shape index (κ2) is 6.75. The molecule has 1 aromatic carbocycles. The van der Waals surface area contributed by atoms with E-state index in [1.54, 1.807) is 7.11 Å². The topological polar surface area (TPSA) is 66.0 Å². The van der Waals surface area contributed by atoms with Crippen LogP contribution in [0.1, 0.15) is 12.5 Å². The molecule has 3 rings (SSSR count). The fourth-order valence-corrected chi connectivity index (χ4v) is 2.98. The van der Waals surface area contributed by atoms with Crippen molar-refractivity contribution in [1.29, 1.82) is 0 Å². The molecule has 2 fully saturated rings. The Morgan fingerprint density at radius 1 is 1.32 bits per heavy atom. The van der Waals surface area contributed by atoms with E-state index in [1.807, 2.05) is 30.3 Å². The number of amides is 1. The van der Waals surface area contributed by atoms with Crippen molar-refractivity contribution in [3.05, 3.63) is 35.9 Å². The van der Waals surface area contributed by atoms with E-state index < -0.39 is 6.29 Å². The predicted octanol–water partition coefficient (Wildman–Crippen LogP) is 0.847. The van der Waals surface area contributed by atoms with E-state index >= 15 is 0 Å². The number of methoxy groups -OCH3 is 1. The number of carbonyl (C=O) groups is 1. The van der Waals surface area contributed by atoms with Gasteiger partial charge in [0.1, 0.15) is 24.4 Å². The third kappa shape index (κ3) is 3.15. The highest BCUT2D eigenvalue weighted by atomic mass is 16.7. The van der Waals surface area contributed by atoms with Crippen molar-refractivity contribution in [2.45, 2.75) is 44.2 Å². The zero-order valence-corrected chi connectivity index (χ0v) is 12.7. The van der Waals surface area contributed by atoms with Gasteiger partial charge in [-0.15, -0.1) is 0 Å². The summed E-state index contributed by atoms with van der Waals surface area (Å²) >= 11 is 0. The molecule has 0 aliphatic carbocycles. The Balaban J connectivity index is 1.61. The molecule has 5 atom stereocenters. The smallest absolute Gasteiger partial charge is 0.217 e. The van der Waals surface area contributed by atoms with Crippen molar-refractivity contribution >= 4 is 5.91 Å². The minimum Gasteiger partial charge on any atom is -0.370 e. The second-order valence-corrected chi connectivity index (χ2v) is 5.56. The van der Waals surface area contributed by atoms with E-state index in [2.05, 4.69) is 5.32 Å². The van der Waals surface area contributed by atoms with Gasteiger partial charge in [-0.25, -0.2) is 0 Å². The monoisotopic (exact) mass is 307 g/mol. The van der Waals surface area contributed by atoms with E-state index in [4.69, 9.17) is 18.9 Å². The summed E-state index contributed by atoms with van der Waals surface area (Å²) in [7, 11) is 1.56. The summed E-state index contributed by atoms with van der Waals surface area (Å²) in [5.41, 5.74) is 1.10. The lowest BCUT2D eigenvalue weighted by atomic mass is 10.1. The molecule has 6 nitrogen and oxygen atoms in total. The lowest BCUT2D eigenvalue weighted by Crippen LogP contribution is -2.47. The highest BCUT2D eigenvalue weighted by Gasteiger charge is 2.53. The molecular weight excluding hydrogens is 286 g/mol. The maximum Gasteiger partial charge on any atom is 0.217 e. The number of fused-ring (bicyclic) bond motifs is 1. The van der Waals surface area contributed by atoms with Crippen molar-refractivity contribution in [3.8, 4) is 0 Å². The van der Waals surface area contributed by atoms with Crippen molar-refractivity contribution in [1.82, 2.24) is 5.32 Å². The zero-order valence-electron chi connectivity index (χ0n) is 12.7. The first-order valence-corrected chi connectivity index (χ1v) is 7.41. The van der Waals surface area contributed by atoms with E-state index in [-0.39, 0.29) is 30.3 Å². The van der Waals surface area contributed by atoms with Crippen LogP contribution in [0.25, 0.3) is 0 Å². The van der Waals surface area contributed by atoms with E-state index in [9.17, 15) is 4.79 Å². The molecule has 0 aromatic heterocycles. The van der Waals surface area contributed by atoms with Crippen LogP contribution < -0.4 is 5.32 Å². The van der Waals surface area contributed by atoms with Crippen LogP contribution in [0.2, 0.25) is 0 Å². The van der Waals surface area contributed by atoms with Gasteiger partial charge in [0.15, 0.2) is 6.29 Å². The number of benzene rings is 1. The Morgan fingerprint density at radius 2 is 2.09 bits per heavy atom. The first-order chi connectivity index (χ1) is 10.7. The molecule has 0 bridgehead atoms. The van der Waals surface area contributed by atoms with Crippen LogP contribution >= 0.6 is 0 Å². The van der Waals surface area contributed by atoms with Crippen LogP contribution in [0.5, 0.6) is 0 Å². The van der Waals surface area contributed by atoms with Crippen LogP contribution in [-0.2, 0) is 30.3 Å². The summed E-state index contributed by atoms with van der Waals surface area (Å²) in [6.07, 6.45) is -1.15. The van der Waals surface area contributed by atoms with E-state index in [1.165, 1.54) is 6.92 Å². The maximum absolute atomic E-state index is 11.3. The Kier molecular flexibility index (Phi) is 4.73. The predicted molar refractivity (Wildman–Crippen MR) is 78.0 cm³/mol. The Labute approximate surface area is 129 Å². The third-order valence-electron chi connectivity index (χ3n) is 3.99.